The summed E-state index contributed by atoms with van der Waals surface area (Å²) in [6, 6.07) is 9.89. The molecule has 0 aromatic heterocycles. The summed E-state index contributed by atoms with van der Waals surface area (Å²) in [5.41, 5.74) is 1.17. The summed E-state index contributed by atoms with van der Waals surface area (Å²) < 4.78 is 63.5. The molecule has 2 aromatic carbocycles. The van der Waals surface area contributed by atoms with E-state index in [1.54, 1.807) is 48.6 Å². The van der Waals surface area contributed by atoms with Crippen molar-refractivity contribution in [1.82, 2.24) is 0 Å². The number of ether oxygens (including phenoxy) is 12. The Kier molecular flexibility index (Phi) is 15.5. The number of hydrogen-bond acceptors (Lipinski definition) is 13. The summed E-state index contributed by atoms with van der Waals surface area (Å²) in [6.45, 7) is -3.83. The number of hydrogen-bond donors (Lipinski definition) is 0. The molecule has 0 saturated heterocycles. The second-order valence-electron chi connectivity index (χ2n) is 8.06. The second kappa shape index (κ2) is 18.8. The van der Waals surface area contributed by atoms with Crippen LogP contribution in [0.1, 0.15) is 11.1 Å². The van der Waals surface area contributed by atoms with Gasteiger partial charge in [-0.2, -0.15) is 0 Å². The van der Waals surface area contributed by atoms with E-state index in [0.29, 0.717) is 34.1 Å². The fourth-order valence-corrected chi connectivity index (χ4v) is 3.28. The highest BCUT2D eigenvalue weighted by molar-refractivity contribution is 6.04. The third kappa shape index (κ3) is 11.8. The standard InChI is InChI=1S/C29H38O13/c1-31-26(32-2)39-22-13-19(14-23(17-22)40-27(33-3)34-4)9-11-21(30)12-10-20-15-24(41-28(35-5)36-6)18-25(16-20)42-29(37-7)38-8/h9-18,26-29H,1-8H3/b11-9+,12-10+. The predicted octanol–water partition coefficient (Wildman–Crippen LogP) is 3.80. The van der Waals surface area contributed by atoms with Gasteiger partial charge in [-0.1, -0.05) is 12.2 Å². The topological polar surface area (TPSA) is 128 Å². The lowest BCUT2D eigenvalue weighted by Crippen LogP contribution is -2.22. The third-order valence-corrected chi connectivity index (χ3v) is 5.15. The van der Waals surface area contributed by atoms with Crippen LogP contribution in [0.5, 0.6) is 23.0 Å². The molecule has 2 rings (SSSR count). The van der Waals surface area contributed by atoms with E-state index in [1.807, 2.05) is 0 Å². The fraction of sp³-hybridized carbons (Fsp3) is 0.414. The average Bonchev–Trinajstić information content (AvgIpc) is 3.01. The highest BCUT2D eigenvalue weighted by Crippen LogP contribution is 2.28. The lowest BCUT2D eigenvalue weighted by atomic mass is 10.1. The molecular formula is C29H38O13. The van der Waals surface area contributed by atoms with Crippen molar-refractivity contribution in [1.29, 1.82) is 0 Å². The Hall–Kier alpha value is -3.53. The smallest absolute Gasteiger partial charge is 0.315 e. The summed E-state index contributed by atoms with van der Waals surface area (Å²) >= 11 is 0. The maximum atomic E-state index is 12.8. The van der Waals surface area contributed by atoms with Crippen molar-refractivity contribution in [2.24, 2.45) is 0 Å². The van der Waals surface area contributed by atoms with Gasteiger partial charge < -0.3 is 56.8 Å². The second-order valence-corrected chi connectivity index (χ2v) is 8.06. The Bertz CT molecular complexity index is 982. The van der Waals surface area contributed by atoms with E-state index in [2.05, 4.69) is 0 Å². The van der Waals surface area contributed by atoms with Crippen LogP contribution in [-0.4, -0.2) is 88.6 Å². The molecule has 0 N–H and O–H groups in total. The van der Waals surface area contributed by atoms with Gasteiger partial charge in [-0.05, 0) is 47.5 Å². The van der Waals surface area contributed by atoms with Crippen molar-refractivity contribution in [3.05, 3.63) is 59.7 Å². The normalized spacial score (nSPS) is 11.9. The van der Waals surface area contributed by atoms with E-state index in [1.165, 1.54) is 69.0 Å². The van der Waals surface area contributed by atoms with Crippen LogP contribution in [0.4, 0.5) is 0 Å². The average molecular weight is 595 g/mol. The van der Waals surface area contributed by atoms with Crippen LogP contribution >= 0.6 is 0 Å². The largest absolute Gasteiger partial charge is 0.441 e. The molecule has 0 saturated carbocycles. The first-order chi connectivity index (χ1) is 20.3. The molecule has 0 aliphatic heterocycles. The molecule has 13 nitrogen and oxygen atoms in total. The molecule has 0 heterocycles. The number of carbonyl (C=O) groups excluding carboxylic acids is 1. The highest BCUT2D eigenvalue weighted by Gasteiger charge is 2.14. The van der Waals surface area contributed by atoms with Gasteiger partial charge in [-0.3, -0.25) is 4.79 Å². The molecular weight excluding hydrogens is 556 g/mol. The van der Waals surface area contributed by atoms with Crippen LogP contribution < -0.4 is 18.9 Å². The molecule has 42 heavy (non-hydrogen) atoms. The Balaban J connectivity index is 2.30. The van der Waals surface area contributed by atoms with Gasteiger partial charge in [-0.15, -0.1) is 0 Å². The number of carbonyl (C=O) groups is 1. The summed E-state index contributed by atoms with van der Waals surface area (Å²) in [6.07, 6.45) is 5.94. The van der Waals surface area contributed by atoms with Crippen molar-refractivity contribution in [2.45, 2.75) is 25.9 Å². The lowest BCUT2D eigenvalue weighted by molar-refractivity contribution is -0.222. The van der Waals surface area contributed by atoms with Crippen LogP contribution in [0.15, 0.2) is 48.6 Å². The quantitative estimate of drug-likeness (QED) is 0.163. The molecule has 0 spiro atoms. The molecule has 0 aliphatic carbocycles. The van der Waals surface area contributed by atoms with E-state index in [9.17, 15) is 4.79 Å². The van der Waals surface area contributed by atoms with Gasteiger partial charge in [0, 0.05) is 69.0 Å². The minimum atomic E-state index is -0.956. The maximum absolute atomic E-state index is 12.8. The highest BCUT2D eigenvalue weighted by atomic mass is 16.9. The SMILES string of the molecule is COC(OC)Oc1cc(/C=C/C(=O)/C=C/c2cc(OC(OC)OC)cc(OC(OC)OC)c2)cc(OC(OC)OC)c1. The Morgan fingerprint density at radius 1 is 0.452 bits per heavy atom. The molecule has 0 amide bonds. The van der Waals surface area contributed by atoms with Crippen molar-refractivity contribution in [3.8, 4) is 23.0 Å². The van der Waals surface area contributed by atoms with Gasteiger partial charge in [0.25, 0.3) is 0 Å². The number of allylic oxidation sites excluding steroid dienone is 2. The molecule has 0 fully saturated rings. The lowest BCUT2D eigenvalue weighted by Gasteiger charge is -2.18. The number of benzene rings is 2. The van der Waals surface area contributed by atoms with E-state index in [-0.39, 0.29) is 5.78 Å². The number of methoxy groups -OCH3 is 8. The first kappa shape index (κ1) is 34.7. The van der Waals surface area contributed by atoms with Gasteiger partial charge in [0.15, 0.2) is 5.78 Å². The van der Waals surface area contributed by atoms with E-state index in [4.69, 9.17) is 56.8 Å². The zero-order valence-electron chi connectivity index (χ0n) is 24.9. The summed E-state index contributed by atoms with van der Waals surface area (Å²) in [5.74, 6) is 1.11. The zero-order chi connectivity index (χ0) is 30.9. The maximum Gasteiger partial charge on any atom is 0.315 e. The summed E-state index contributed by atoms with van der Waals surface area (Å²) in [4.78, 5) is 12.8. The van der Waals surface area contributed by atoms with Gasteiger partial charge in [0.1, 0.15) is 23.0 Å². The Morgan fingerprint density at radius 3 is 0.905 bits per heavy atom. The van der Waals surface area contributed by atoms with Gasteiger partial charge in [0.2, 0.25) is 0 Å². The third-order valence-electron chi connectivity index (χ3n) is 5.15. The van der Waals surface area contributed by atoms with Gasteiger partial charge in [0.05, 0.1) is 0 Å². The first-order valence-electron chi connectivity index (χ1n) is 12.4. The zero-order valence-corrected chi connectivity index (χ0v) is 24.9. The number of rotatable bonds is 20. The molecule has 2 aromatic rings. The predicted molar refractivity (Wildman–Crippen MR) is 150 cm³/mol. The molecule has 0 atom stereocenters. The molecule has 0 bridgehead atoms. The van der Waals surface area contributed by atoms with E-state index in [0.717, 1.165) is 0 Å². The van der Waals surface area contributed by atoms with Crippen LogP contribution in [-0.2, 0) is 42.7 Å². The summed E-state index contributed by atoms with van der Waals surface area (Å²) in [5, 5.41) is 0. The van der Waals surface area contributed by atoms with Crippen LogP contribution in [0.3, 0.4) is 0 Å². The Morgan fingerprint density at radius 2 is 0.690 bits per heavy atom. The molecule has 0 unspecified atom stereocenters. The molecule has 232 valence electrons. The fourth-order valence-electron chi connectivity index (χ4n) is 3.28. The van der Waals surface area contributed by atoms with Crippen molar-refractivity contribution < 1.29 is 61.6 Å². The minimum absolute atomic E-state index is 0.311. The monoisotopic (exact) mass is 594 g/mol. The van der Waals surface area contributed by atoms with Crippen LogP contribution in [0.25, 0.3) is 12.2 Å². The molecule has 0 aliphatic rings. The first-order valence-corrected chi connectivity index (χ1v) is 12.4. The molecule has 0 radical (unpaired) electrons. The van der Waals surface area contributed by atoms with E-state index < -0.39 is 25.9 Å². The summed E-state index contributed by atoms with van der Waals surface area (Å²) in [7, 11) is 11.5. The van der Waals surface area contributed by atoms with Crippen LogP contribution in [0.2, 0.25) is 0 Å². The van der Waals surface area contributed by atoms with E-state index >= 15 is 0 Å². The minimum Gasteiger partial charge on any atom is -0.441 e. The van der Waals surface area contributed by atoms with Gasteiger partial charge >= 0.3 is 25.9 Å². The van der Waals surface area contributed by atoms with Gasteiger partial charge in [-0.25, -0.2) is 0 Å². The van der Waals surface area contributed by atoms with Crippen molar-refractivity contribution in [2.75, 3.05) is 56.9 Å². The Labute approximate surface area is 245 Å². The van der Waals surface area contributed by atoms with Crippen molar-refractivity contribution in [3.63, 3.8) is 0 Å². The van der Waals surface area contributed by atoms with Crippen molar-refractivity contribution >= 4 is 17.9 Å². The number of ketones is 1. The molecule has 13 heteroatoms. The van der Waals surface area contributed by atoms with Crippen LogP contribution in [0, 0.1) is 0 Å².